The molecule has 0 aliphatic carbocycles. The third-order valence-electron chi connectivity index (χ3n) is 5.60. The molecule has 4 heterocycles. The molecule has 0 amide bonds. The minimum atomic E-state index is 0.566. The standard InChI is InChI=1S/C22H23N5O/c1-14-9-18-10-16(7-8-27(18)26-14)15-3-4-19(22(11-15)28-2)21-6-5-20(24-25-21)17-12-23-13-17/h3-4,7-11,17,23H,5-6,12-13H2,1-2H3. The van der Waals surface area contributed by atoms with Crippen LogP contribution in [0.3, 0.4) is 0 Å². The maximum absolute atomic E-state index is 5.70. The number of pyridine rings is 1. The van der Waals surface area contributed by atoms with Crippen molar-refractivity contribution in [3.05, 3.63) is 53.9 Å². The molecule has 1 saturated heterocycles. The third-order valence-corrected chi connectivity index (χ3v) is 5.60. The zero-order valence-corrected chi connectivity index (χ0v) is 16.1. The first-order chi connectivity index (χ1) is 13.7. The van der Waals surface area contributed by atoms with E-state index in [4.69, 9.17) is 4.74 Å². The molecule has 0 atom stereocenters. The fraction of sp³-hybridized carbons (Fsp3) is 0.318. The maximum atomic E-state index is 5.70. The van der Waals surface area contributed by atoms with Crippen LogP contribution in [-0.4, -0.2) is 41.2 Å². The van der Waals surface area contributed by atoms with Gasteiger partial charge in [0, 0.05) is 36.5 Å². The van der Waals surface area contributed by atoms with E-state index in [1.807, 2.05) is 17.6 Å². The molecule has 2 aliphatic rings. The highest BCUT2D eigenvalue weighted by atomic mass is 16.5. The van der Waals surface area contributed by atoms with Gasteiger partial charge in [0.2, 0.25) is 0 Å². The number of hydrogen-bond acceptors (Lipinski definition) is 5. The normalized spacial score (nSPS) is 17.2. The van der Waals surface area contributed by atoms with E-state index in [0.29, 0.717) is 5.92 Å². The van der Waals surface area contributed by atoms with E-state index in [9.17, 15) is 0 Å². The van der Waals surface area contributed by atoms with Crippen LogP contribution in [0.1, 0.15) is 24.1 Å². The predicted molar refractivity (Wildman–Crippen MR) is 111 cm³/mol. The molecule has 1 aromatic carbocycles. The number of methoxy groups -OCH3 is 1. The summed E-state index contributed by atoms with van der Waals surface area (Å²) in [7, 11) is 1.71. The first-order valence-electron chi connectivity index (χ1n) is 9.70. The first-order valence-corrected chi connectivity index (χ1v) is 9.70. The number of benzene rings is 1. The molecule has 2 aliphatic heterocycles. The molecule has 6 nitrogen and oxygen atoms in total. The molecule has 0 saturated carbocycles. The zero-order chi connectivity index (χ0) is 19.1. The van der Waals surface area contributed by atoms with Crippen LogP contribution in [0, 0.1) is 12.8 Å². The van der Waals surface area contributed by atoms with E-state index in [1.165, 1.54) is 5.71 Å². The summed E-state index contributed by atoms with van der Waals surface area (Å²) in [5.41, 5.74) is 7.61. The second-order valence-electron chi connectivity index (χ2n) is 7.48. The van der Waals surface area contributed by atoms with Crippen LogP contribution >= 0.6 is 0 Å². The molecule has 6 heteroatoms. The first kappa shape index (κ1) is 17.1. The molecular formula is C22H23N5O. The second-order valence-corrected chi connectivity index (χ2v) is 7.48. The summed E-state index contributed by atoms with van der Waals surface area (Å²) < 4.78 is 7.60. The van der Waals surface area contributed by atoms with Gasteiger partial charge in [-0.15, -0.1) is 0 Å². The van der Waals surface area contributed by atoms with E-state index in [1.54, 1.807) is 7.11 Å². The Morgan fingerprint density at radius 2 is 1.89 bits per heavy atom. The van der Waals surface area contributed by atoms with Crippen LogP contribution in [0.4, 0.5) is 0 Å². The lowest BCUT2D eigenvalue weighted by Crippen LogP contribution is -2.47. The molecule has 1 N–H and O–H groups in total. The lowest BCUT2D eigenvalue weighted by Gasteiger charge is -2.29. The number of hydrogen-bond donors (Lipinski definition) is 1. The topological polar surface area (TPSA) is 63.3 Å². The summed E-state index contributed by atoms with van der Waals surface area (Å²) in [6, 6.07) is 12.6. The van der Waals surface area contributed by atoms with Crippen LogP contribution in [-0.2, 0) is 0 Å². The smallest absolute Gasteiger partial charge is 0.128 e. The minimum absolute atomic E-state index is 0.566. The van der Waals surface area contributed by atoms with E-state index in [0.717, 1.165) is 65.3 Å². The Kier molecular flexibility index (Phi) is 4.20. The second kappa shape index (κ2) is 6.87. The van der Waals surface area contributed by atoms with Crippen molar-refractivity contribution in [2.24, 2.45) is 16.1 Å². The lowest BCUT2D eigenvalue weighted by molar-refractivity contribution is 0.414. The third kappa shape index (κ3) is 2.99. The van der Waals surface area contributed by atoms with Gasteiger partial charge in [-0.25, -0.2) is 4.52 Å². The van der Waals surface area contributed by atoms with Gasteiger partial charge in [0.25, 0.3) is 0 Å². The van der Waals surface area contributed by atoms with Crippen LogP contribution in [0.15, 0.2) is 52.8 Å². The minimum Gasteiger partial charge on any atom is -0.496 e. The van der Waals surface area contributed by atoms with Gasteiger partial charge in [0.1, 0.15) is 5.75 Å². The van der Waals surface area contributed by atoms with E-state index < -0.39 is 0 Å². The van der Waals surface area contributed by atoms with Crippen LogP contribution in [0.5, 0.6) is 5.75 Å². The van der Waals surface area contributed by atoms with Crippen molar-refractivity contribution in [2.75, 3.05) is 20.2 Å². The number of rotatable bonds is 4. The van der Waals surface area contributed by atoms with Gasteiger partial charge in [-0.05, 0) is 61.2 Å². The van der Waals surface area contributed by atoms with Gasteiger partial charge in [0.15, 0.2) is 0 Å². The highest BCUT2D eigenvalue weighted by Crippen LogP contribution is 2.30. The summed E-state index contributed by atoms with van der Waals surface area (Å²) in [5, 5.41) is 16.8. The Labute approximate surface area is 163 Å². The maximum Gasteiger partial charge on any atom is 0.128 e. The highest BCUT2D eigenvalue weighted by molar-refractivity contribution is 6.07. The summed E-state index contributed by atoms with van der Waals surface area (Å²) >= 11 is 0. The Morgan fingerprint density at radius 1 is 1.04 bits per heavy atom. The molecule has 0 bridgehead atoms. The van der Waals surface area contributed by atoms with Gasteiger partial charge in [-0.3, -0.25) is 0 Å². The van der Waals surface area contributed by atoms with Crippen molar-refractivity contribution >= 4 is 16.9 Å². The van der Waals surface area contributed by atoms with Crippen LogP contribution < -0.4 is 10.1 Å². The molecule has 0 spiro atoms. The van der Waals surface area contributed by atoms with Crippen molar-refractivity contribution in [2.45, 2.75) is 19.8 Å². The van der Waals surface area contributed by atoms with E-state index >= 15 is 0 Å². The van der Waals surface area contributed by atoms with Crippen molar-refractivity contribution in [1.82, 2.24) is 14.9 Å². The van der Waals surface area contributed by atoms with Crippen LogP contribution in [0.2, 0.25) is 0 Å². The fourth-order valence-corrected chi connectivity index (χ4v) is 3.88. The van der Waals surface area contributed by atoms with E-state index in [2.05, 4.69) is 57.0 Å². The lowest BCUT2D eigenvalue weighted by atomic mass is 9.91. The van der Waals surface area contributed by atoms with Crippen LogP contribution in [0.25, 0.3) is 16.6 Å². The highest BCUT2D eigenvalue weighted by Gasteiger charge is 2.25. The molecule has 5 rings (SSSR count). The number of fused-ring (bicyclic) bond motifs is 1. The Morgan fingerprint density at radius 3 is 2.61 bits per heavy atom. The number of nitrogens with one attached hydrogen (secondary N) is 1. The zero-order valence-electron chi connectivity index (χ0n) is 16.1. The molecule has 142 valence electrons. The average Bonchev–Trinajstić information content (AvgIpc) is 3.06. The number of nitrogens with zero attached hydrogens (tertiary/aromatic N) is 4. The molecule has 2 aromatic heterocycles. The number of aromatic nitrogens is 2. The van der Waals surface area contributed by atoms with Crippen molar-refractivity contribution in [3.8, 4) is 16.9 Å². The van der Waals surface area contributed by atoms with Crippen molar-refractivity contribution in [1.29, 1.82) is 0 Å². The van der Waals surface area contributed by atoms with Crippen molar-refractivity contribution in [3.63, 3.8) is 0 Å². The molecule has 0 unspecified atom stereocenters. The molecule has 0 radical (unpaired) electrons. The SMILES string of the molecule is COc1cc(-c2ccn3nc(C)cc3c2)ccc1C1=NN=C(C2CNC2)CC1. The Balaban J connectivity index is 1.47. The van der Waals surface area contributed by atoms with Gasteiger partial charge in [0.05, 0.1) is 24.0 Å². The molecular weight excluding hydrogens is 350 g/mol. The largest absolute Gasteiger partial charge is 0.496 e. The molecule has 1 fully saturated rings. The predicted octanol–water partition coefficient (Wildman–Crippen LogP) is 3.48. The summed E-state index contributed by atoms with van der Waals surface area (Å²) in [6.07, 6.45) is 3.88. The van der Waals surface area contributed by atoms with Gasteiger partial charge in [-0.1, -0.05) is 6.07 Å². The monoisotopic (exact) mass is 373 g/mol. The number of aryl methyl sites for hydroxylation is 1. The summed E-state index contributed by atoms with van der Waals surface area (Å²) in [6.45, 7) is 4.07. The Hall–Kier alpha value is -2.99. The fourth-order valence-electron chi connectivity index (χ4n) is 3.88. The van der Waals surface area contributed by atoms with Gasteiger partial charge >= 0.3 is 0 Å². The summed E-state index contributed by atoms with van der Waals surface area (Å²) in [5.74, 6) is 1.40. The van der Waals surface area contributed by atoms with E-state index in [-0.39, 0.29) is 0 Å². The molecule has 3 aromatic rings. The summed E-state index contributed by atoms with van der Waals surface area (Å²) in [4.78, 5) is 0. The van der Waals surface area contributed by atoms with Gasteiger partial charge in [-0.2, -0.15) is 15.3 Å². The Bertz CT molecular complexity index is 1110. The van der Waals surface area contributed by atoms with Gasteiger partial charge < -0.3 is 10.1 Å². The molecule has 28 heavy (non-hydrogen) atoms. The average molecular weight is 373 g/mol. The quantitative estimate of drug-likeness (QED) is 0.762. The number of ether oxygens (including phenoxy) is 1. The van der Waals surface area contributed by atoms with Crippen molar-refractivity contribution < 1.29 is 4.74 Å².